The smallest absolute Gasteiger partial charge is 0.407 e. The van der Waals surface area contributed by atoms with Crippen molar-refractivity contribution in [3.05, 3.63) is 0 Å². The van der Waals surface area contributed by atoms with Crippen molar-refractivity contribution in [2.24, 2.45) is 5.92 Å². The molecule has 1 fully saturated rings. The van der Waals surface area contributed by atoms with Crippen molar-refractivity contribution in [3.63, 3.8) is 0 Å². The summed E-state index contributed by atoms with van der Waals surface area (Å²) in [5.74, 6) is 0.384. The molecule has 2 unspecified atom stereocenters. The zero-order chi connectivity index (χ0) is 12.3. The highest BCUT2D eigenvalue weighted by Gasteiger charge is 2.46. The predicted molar refractivity (Wildman–Crippen MR) is 62.4 cm³/mol. The first kappa shape index (κ1) is 13.3. The van der Waals surface area contributed by atoms with E-state index in [-0.39, 0.29) is 0 Å². The summed E-state index contributed by atoms with van der Waals surface area (Å²) in [6.07, 6.45) is 1.46. The van der Waals surface area contributed by atoms with Gasteiger partial charge in [-0.2, -0.15) is 0 Å². The van der Waals surface area contributed by atoms with Crippen LogP contribution in [0, 0.1) is 5.92 Å². The monoisotopic (exact) mass is 229 g/mol. The van der Waals surface area contributed by atoms with Gasteiger partial charge in [0.2, 0.25) is 0 Å². The number of rotatable bonds is 3. The third-order valence-corrected chi connectivity index (χ3v) is 3.62. The van der Waals surface area contributed by atoms with Gasteiger partial charge in [0.1, 0.15) is 0 Å². The maximum atomic E-state index is 11.3. The van der Waals surface area contributed by atoms with E-state index in [0.717, 1.165) is 12.8 Å². The molecule has 4 nitrogen and oxygen atoms in total. The van der Waals surface area contributed by atoms with Gasteiger partial charge in [-0.05, 0) is 31.6 Å². The lowest BCUT2D eigenvalue weighted by atomic mass is 9.76. The predicted octanol–water partition coefficient (Wildman–Crippen LogP) is 2.32. The third-order valence-electron chi connectivity index (χ3n) is 3.62. The summed E-state index contributed by atoms with van der Waals surface area (Å²) in [4.78, 5) is 12.7. The number of hydrogen-bond donors (Lipinski definition) is 2. The number of aliphatic hydroxyl groups excluding tert-OH is 1. The van der Waals surface area contributed by atoms with Crippen molar-refractivity contribution in [2.45, 2.75) is 58.1 Å². The number of nitrogens with zero attached hydrogens (tertiary/aromatic N) is 1. The van der Waals surface area contributed by atoms with Crippen LogP contribution in [0.25, 0.3) is 0 Å². The quantitative estimate of drug-likeness (QED) is 0.780. The highest BCUT2D eigenvalue weighted by molar-refractivity contribution is 5.66. The maximum Gasteiger partial charge on any atom is 0.407 e. The van der Waals surface area contributed by atoms with Crippen LogP contribution in [0.4, 0.5) is 4.79 Å². The van der Waals surface area contributed by atoms with Crippen LogP contribution in [0.3, 0.4) is 0 Å². The van der Waals surface area contributed by atoms with Crippen LogP contribution in [0.15, 0.2) is 0 Å². The van der Waals surface area contributed by atoms with E-state index >= 15 is 0 Å². The van der Waals surface area contributed by atoms with E-state index in [4.69, 9.17) is 0 Å². The first-order chi connectivity index (χ1) is 7.44. The van der Waals surface area contributed by atoms with E-state index in [2.05, 4.69) is 13.8 Å². The molecule has 0 bridgehead atoms. The molecule has 0 aromatic carbocycles. The first-order valence-corrected chi connectivity index (χ1v) is 6.12. The van der Waals surface area contributed by atoms with E-state index in [1.165, 1.54) is 4.90 Å². The normalized spacial score (nSPS) is 30.8. The Morgan fingerprint density at radius 2 is 2.19 bits per heavy atom. The zero-order valence-corrected chi connectivity index (χ0v) is 10.4. The molecule has 16 heavy (non-hydrogen) atoms. The minimum Gasteiger partial charge on any atom is -0.465 e. The second-order valence-corrected chi connectivity index (χ2v) is 5.15. The fourth-order valence-corrected chi connectivity index (χ4v) is 2.92. The first-order valence-electron chi connectivity index (χ1n) is 6.12. The molecule has 1 aliphatic heterocycles. The van der Waals surface area contributed by atoms with Crippen molar-refractivity contribution >= 4 is 6.09 Å². The standard InChI is InChI=1S/C12H23NO3/c1-4-12(8-9(2)3)10(14)6-5-7-13(12)11(15)16/h9-10,14H,4-8H2,1-3H3,(H,15,16). The average molecular weight is 229 g/mol. The van der Waals surface area contributed by atoms with Gasteiger partial charge in [-0.25, -0.2) is 4.79 Å². The third kappa shape index (κ3) is 2.32. The lowest BCUT2D eigenvalue weighted by Crippen LogP contribution is -2.61. The van der Waals surface area contributed by atoms with Gasteiger partial charge in [0.05, 0.1) is 11.6 Å². The summed E-state index contributed by atoms with van der Waals surface area (Å²) in [5.41, 5.74) is -0.571. The molecule has 1 amide bonds. The molecule has 0 spiro atoms. The van der Waals surface area contributed by atoms with Gasteiger partial charge in [0.15, 0.2) is 0 Å². The minimum atomic E-state index is -0.902. The van der Waals surface area contributed by atoms with Gasteiger partial charge < -0.3 is 15.1 Å². The molecule has 0 aromatic heterocycles. The number of carboxylic acid groups (broad SMARTS) is 1. The average Bonchev–Trinajstić information content (AvgIpc) is 2.19. The molecule has 0 saturated carbocycles. The summed E-state index contributed by atoms with van der Waals surface area (Å²) in [7, 11) is 0. The number of likely N-dealkylation sites (tertiary alicyclic amines) is 1. The van der Waals surface area contributed by atoms with Crippen LogP contribution in [0.5, 0.6) is 0 Å². The van der Waals surface area contributed by atoms with E-state index in [9.17, 15) is 15.0 Å². The Labute approximate surface area is 97.3 Å². The molecule has 4 heteroatoms. The van der Waals surface area contributed by atoms with Crippen molar-refractivity contribution in [2.75, 3.05) is 6.54 Å². The largest absolute Gasteiger partial charge is 0.465 e. The summed E-state index contributed by atoms with van der Waals surface area (Å²) >= 11 is 0. The number of aliphatic hydroxyl groups is 1. The fraction of sp³-hybridized carbons (Fsp3) is 0.917. The Hall–Kier alpha value is -0.770. The van der Waals surface area contributed by atoms with Gasteiger partial charge >= 0.3 is 6.09 Å². The number of carbonyl (C=O) groups is 1. The number of piperidine rings is 1. The van der Waals surface area contributed by atoms with Crippen LogP contribution in [0.1, 0.15) is 46.5 Å². The molecule has 94 valence electrons. The Kier molecular flexibility index (Phi) is 4.19. The Balaban J connectivity index is 2.99. The van der Waals surface area contributed by atoms with Gasteiger partial charge in [-0.15, -0.1) is 0 Å². The lowest BCUT2D eigenvalue weighted by Gasteiger charge is -2.49. The molecule has 1 rings (SSSR count). The van der Waals surface area contributed by atoms with Crippen molar-refractivity contribution in [1.29, 1.82) is 0 Å². The summed E-state index contributed by atoms with van der Waals surface area (Å²) in [6, 6.07) is 0. The van der Waals surface area contributed by atoms with Crippen molar-refractivity contribution in [3.8, 4) is 0 Å². The molecule has 1 saturated heterocycles. The van der Waals surface area contributed by atoms with Crippen LogP contribution < -0.4 is 0 Å². The SMILES string of the molecule is CCC1(CC(C)C)C(O)CCCN1C(=O)O. The molecule has 1 heterocycles. The second-order valence-electron chi connectivity index (χ2n) is 5.15. The highest BCUT2D eigenvalue weighted by atomic mass is 16.4. The van der Waals surface area contributed by atoms with Crippen molar-refractivity contribution in [1.82, 2.24) is 4.90 Å². The minimum absolute atomic E-state index is 0.384. The molecule has 2 N–H and O–H groups in total. The van der Waals surface area contributed by atoms with Crippen molar-refractivity contribution < 1.29 is 15.0 Å². The fourth-order valence-electron chi connectivity index (χ4n) is 2.92. The summed E-state index contributed by atoms with van der Waals surface area (Å²) in [5, 5.41) is 19.4. The molecule has 2 atom stereocenters. The molecule has 0 aliphatic carbocycles. The molecular formula is C12H23NO3. The second kappa shape index (κ2) is 5.04. The van der Waals surface area contributed by atoms with E-state index in [1.807, 2.05) is 6.92 Å². The van der Waals surface area contributed by atoms with E-state index < -0.39 is 17.7 Å². The van der Waals surface area contributed by atoms with E-state index in [1.54, 1.807) is 0 Å². The molecule has 0 radical (unpaired) electrons. The Morgan fingerprint density at radius 1 is 1.56 bits per heavy atom. The van der Waals surface area contributed by atoms with Crippen LogP contribution >= 0.6 is 0 Å². The van der Waals surface area contributed by atoms with Gasteiger partial charge in [0, 0.05) is 6.54 Å². The topological polar surface area (TPSA) is 60.8 Å². The Morgan fingerprint density at radius 3 is 2.62 bits per heavy atom. The Bertz CT molecular complexity index is 255. The van der Waals surface area contributed by atoms with Crippen LogP contribution in [-0.2, 0) is 0 Å². The number of hydrogen-bond acceptors (Lipinski definition) is 2. The lowest BCUT2D eigenvalue weighted by molar-refractivity contribution is -0.0650. The van der Waals surface area contributed by atoms with Crippen LogP contribution in [-0.4, -0.2) is 39.4 Å². The van der Waals surface area contributed by atoms with Gasteiger partial charge in [-0.3, -0.25) is 0 Å². The summed E-state index contributed by atoms with van der Waals surface area (Å²) in [6.45, 7) is 6.65. The molecular weight excluding hydrogens is 206 g/mol. The maximum absolute atomic E-state index is 11.3. The number of amides is 1. The highest BCUT2D eigenvalue weighted by Crippen LogP contribution is 2.37. The summed E-state index contributed by atoms with van der Waals surface area (Å²) < 4.78 is 0. The van der Waals surface area contributed by atoms with Crippen LogP contribution in [0.2, 0.25) is 0 Å². The van der Waals surface area contributed by atoms with Gasteiger partial charge in [-0.1, -0.05) is 20.8 Å². The van der Waals surface area contributed by atoms with Gasteiger partial charge in [0.25, 0.3) is 0 Å². The molecule has 1 aliphatic rings. The van der Waals surface area contributed by atoms with E-state index in [0.29, 0.717) is 25.3 Å². The molecule has 0 aromatic rings. The zero-order valence-electron chi connectivity index (χ0n) is 10.4.